The molecule has 2 aromatic rings. The van der Waals surface area contributed by atoms with Crippen LogP contribution in [0, 0.1) is 18.6 Å². The molecule has 0 aliphatic rings. The zero-order valence-corrected chi connectivity index (χ0v) is 12.8. The number of halogens is 2. The largest absolute Gasteiger partial charge is 0.377 e. The summed E-state index contributed by atoms with van der Waals surface area (Å²) in [5.74, 6) is -0.593. The van der Waals surface area contributed by atoms with Crippen molar-refractivity contribution in [3.8, 4) is 0 Å². The van der Waals surface area contributed by atoms with Gasteiger partial charge in [0.15, 0.2) is 5.17 Å². The Morgan fingerprint density at radius 1 is 1.18 bits per heavy atom. The van der Waals surface area contributed by atoms with E-state index in [1.54, 1.807) is 6.92 Å². The van der Waals surface area contributed by atoms with Crippen molar-refractivity contribution in [3.63, 3.8) is 0 Å². The second kappa shape index (κ2) is 7.70. The smallest absolute Gasteiger partial charge is 0.180 e. The van der Waals surface area contributed by atoms with Crippen LogP contribution in [-0.2, 0) is 5.75 Å². The molecule has 0 saturated heterocycles. The van der Waals surface area contributed by atoms with Crippen LogP contribution in [0.1, 0.15) is 16.7 Å². The van der Waals surface area contributed by atoms with Crippen molar-refractivity contribution in [1.29, 1.82) is 0 Å². The summed E-state index contributed by atoms with van der Waals surface area (Å²) in [6, 6.07) is 12.0. The molecule has 0 spiro atoms. The maximum absolute atomic E-state index is 13.5. The standard InChI is InChI=1S/C16H15F2N3S/c1-11-7-13(15(18)8-14(11)17)9-20-21-16(19)22-10-12-5-3-2-4-6-12/h2-9H,10H2,1H3,(H2,19,21). The monoisotopic (exact) mass is 319 g/mol. The number of amidine groups is 1. The number of rotatable bonds is 4. The highest BCUT2D eigenvalue weighted by atomic mass is 32.2. The van der Waals surface area contributed by atoms with Crippen molar-refractivity contribution >= 4 is 23.1 Å². The molecule has 114 valence electrons. The lowest BCUT2D eigenvalue weighted by atomic mass is 10.1. The quantitative estimate of drug-likeness (QED) is 0.528. The predicted molar refractivity (Wildman–Crippen MR) is 88.0 cm³/mol. The Morgan fingerprint density at radius 2 is 1.91 bits per heavy atom. The molecule has 0 bridgehead atoms. The van der Waals surface area contributed by atoms with Crippen LogP contribution in [0.25, 0.3) is 0 Å². The SMILES string of the molecule is Cc1cc(C=NN=C(N)SCc2ccccc2)c(F)cc1F. The number of hydrogen-bond acceptors (Lipinski definition) is 3. The number of nitrogens with zero attached hydrogens (tertiary/aromatic N) is 2. The Kier molecular flexibility index (Phi) is 5.66. The molecule has 0 amide bonds. The van der Waals surface area contributed by atoms with E-state index in [0.29, 0.717) is 11.3 Å². The van der Waals surface area contributed by atoms with Gasteiger partial charge in [0, 0.05) is 17.4 Å². The summed E-state index contributed by atoms with van der Waals surface area (Å²) in [7, 11) is 0. The molecule has 2 aromatic carbocycles. The Hall–Kier alpha value is -2.21. The van der Waals surface area contributed by atoms with E-state index in [0.717, 1.165) is 11.6 Å². The minimum Gasteiger partial charge on any atom is -0.377 e. The van der Waals surface area contributed by atoms with E-state index in [1.165, 1.54) is 24.0 Å². The molecule has 2 rings (SSSR count). The molecule has 22 heavy (non-hydrogen) atoms. The topological polar surface area (TPSA) is 50.7 Å². The van der Waals surface area contributed by atoms with Gasteiger partial charge in [-0.3, -0.25) is 0 Å². The summed E-state index contributed by atoms with van der Waals surface area (Å²) in [5, 5.41) is 7.81. The van der Waals surface area contributed by atoms with Gasteiger partial charge in [0.1, 0.15) is 11.6 Å². The summed E-state index contributed by atoms with van der Waals surface area (Å²) < 4.78 is 26.6. The fourth-order valence-electron chi connectivity index (χ4n) is 1.69. The summed E-state index contributed by atoms with van der Waals surface area (Å²) in [5.41, 5.74) is 7.36. The van der Waals surface area contributed by atoms with E-state index in [1.807, 2.05) is 30.3 Å². The molecule has 0 heterocycles. The normalized spacial score (nSPS) is 12.0. The number of aryl methyl sites for hydroxylation is 1. The van der Waals surface area contributed by atoms with Crippen LogP contribution in [0.15, 0.2) is 52.7 Å². The average Bonchev–Trinajstić information content (AvgIpc) is 2.51. The second-order valence-electron chi connectivity index (χ2n) is 4.58. The Labute approximate surface area is 132 Å². The van der Waals surface area contributed by atoms with E-state index in [4.69, 9.17) is 5.73 Å². The number of thioether (sulfide) groups is 1. The molecule has 0 atom stereocenters. The van der Waals surface area contributed by atoms with Crippen LogP contribution in [0.3, 0.4) is 0 Å². The van der Waals surface area contributed by atoms with Gasteiger partial charge in [0.2, 0.25) is 0 Å². The minimum absolute atomic E-state index is 0.170. The lowest BCUT2D eigenvalue weighted by Crippen LogP contribution is -2.06. The van der Waals surface area contributed by atoms with Crippen LogP contribution in [0.5, 0.6) is 0 Å². The molecular weight excluding hydrogens is 304 g/mol. The summed E-state index contributed by atoms with van der Waals surface area (Å²) in [6.45, 7) is 1.56. The molecule has 0 saturated carbocycles. The van der Waals surface area contributed by atoms with Crippen LogP contribution in [0.4, 0.5) is 8.78 Å². The number of nitrogens with two attached hydrogens (primary N) is 1. The van der Waals surface area contributed by atoms with Gasteiger partial charge in [0.05, 0.1) is 6.21 Å². The zero-order valence-electron chi connectivity index (χ0n) is 12.0. The van der Waals surface area contributed by atoms with Crippen LogP contribution in [0.2, 0.25) is 0 Å². The highest BCUT2D eigenvalue weighted by Crippen LogP contribution is 2.13. The summed E-state index contributed by atoms with van der Waals surface area (Å²) in [4.78, 5) is 0. The van der Waals surface area contributed by atoms with Gasteiger partial charge in [-0.1, -0.05) is 42.1 Å². The fourth-order valence-corrected chi connectivity index (χ4v) is 2.30. The summed E-state index contributed by atoms with van der Waals surface area (Å²) >= 11 is 1.33. The molecule has 0 unspecified atom stereocenters. The summed E-state index contributed by atoms with van der Waals surface area (Å²) in [6.07, 6.45) is 1.22. The first kappa shape index (κ1) is 16.2. The molecule has 0 aromatic heterocycles. The van der Waals surface area contributed by atoms with Crippen molar-refractivity contribution in [3.05, 3.63) is 70.8 Å². The van der Waals surface area contributed by atoms with E-state index in [2.05, 4.69) is 10.2 Å². The predicted octanol–water partition coefficient (Wildman–Crippen LogP) is 3.86. The highest BCUT2D eigenvalue weighted by Gasteiger charge is 2.05. The van der Waals surface area contributed by atoms with E-state index >= 15 is 0 Å². The lowest BCUT2D eigenvalue weighted by Gasteiger charge is -2.00. The van der Waals surface area contributed by atoms with Crippen LogP contribution < -0.4 is 5.73 Å². The third-order valence-electron chi connectivity index (χ3n) is 2.86. The molecule has 0 aliphatic heterocycles. The molecule has 0 fully saturated rings. The maximum atomic E-state index is 13.5. The van der Waals surface area contributed by atoms with E-state index in [9.17, 15) is 8.78 Å². The van der Waals surface area contributed by atoms with Crippen molar-refractivity contribution < 1.29 is 8.78 Å². The molecule has 2 N–H and O–H groups in total. The third-order valence-corrected chi connectivity index (χ3v) is 3.72. The molecular formula is C16H15F2N3S. The van der Waals surface area contributed by atoms with Gasteiger partial charge < -0.3 is 5.73 Å². The lowest BCUT2D eigenvalue weighted by molar-refractivity contribution is 0.576. The van der Waals surface area contributed by atoms with Gasteiger partial charge in [-0.25, -0.2) is 8.78 Å². The average molecular weight is 319 g/mol. The van der Waals surface area contributed by atoms with Crippen molar-refractivity contribution in [2.75, 3.05) is 0 Å². The Balaban J connectivity index is 1.97. The van der Waals surface area contributed by atoms with E-state index in [-0.39, 0.29) is 10.7 Å². The zero-order chi connectivity index (χ0) is 15.9. The Morgan fingerprint density at radius 3 is 2.64 bits per heavy atom. The molecule has 3 nitrogen and oxygen atoms in total. The minimum atomic E-state index is -0.683. The van der Waals surface area contributed by atoms with Gasteiger partial charge in [0.25, 0.3) is 0 Å². The molecule has 0 radical (unpaired) electrons. The number of hydrogen-bond donors (Lipinski definition) is 1. The van der Waals surface area contributed by atoms with Crippen molar-refractivity contribution in [1.82, 2.24) is 0 Å². The highest BCUT2D eigenvalue weighted by molar-refractivity contribution is 8.13. The first-order valence-corrected chi connectivity index (χ1v) is 7.53. The van der Waals surface area contributed by atoms with Gasteiger partial charge in [-0.2, -0.15) is 5.10 Å². The van der Waals surface area contributed by atoms with Gasteiger partial charge in [-0.15, -0.1) is 5.10 Å². The Bertz CT molecular complexity index is 700. The second-order valence-corrected chi connectivity index (χ2v) is 5.58. The third kappa shape index (κ3) is 4.66. The van der Waals surface area contributed by atoms with Crippen molar-refractivity contribution in [2.24, 2.45) is 15.9 Å². The van der Waals surface area contributed by atoms with Gasteiger partial charge >= 0.3 is 0 Å². The number of benzene rings is 2. The molecule has 6 heteroatoms. The van der Waals surface area contributed by atoms with E-state index < -0.39 is 11.6 Å². The van der Waals surface area contributed by atoms with Crippen LogP contribution in [-0.4, -0.2) is 11.4 Å². The van der Waals surface area contributed by atoms with Crippen LogP contribution >= 0.6 is 11.8 Å². The first-order valence-electron chi connectivity index (χ1n) is 6.55. The molecule has 0 aliphatic carbocycles. The fraction of sp³-hybridized carbons (Fsp3) is 0.125. The maximum Gasteiger partial charge on any atom is 0.180 e. The van der Waals surface area contributed by atoms with Crippen molar-refractivity contribution in [2.45, 2.75) is 12.7 Å². The van der Waals surface area contributed by atoms with Gasteiger partial charge in [-0.05, 0) is 24.1 Å². The first-order chi connectivity index (χ1) is 10.6.